The van der Waals surface area contributed by atoms with Crippen molar-refractivity contribution in [3.63, 3.8) is 0 Å². The molecule has 6 heteroatoms. The second-order valence-electron chi connectivity index (χ2n) is 4.26. The van der Waals surface area contributed by atoms with Crippen molar-refractivity contribution in [1.82, 2.24) is 15.3 Å². The highest BCUT2D eigenvalue weighted by molar-refractivity contribution is 5.92. The Labute approximate surface area is 106 Å². The molecule has 1 saturated carbocycles. The van der Waals surface area contributed by atoms with E-state index in [0.717, 1.165) is 19.4 Å². The number of nitrogens with one attached hydrogen (secondary N) is 2. The molecule has 0 unspecified atom stereocenters. The molecule has 0 spiro atoms. The van der Waals surface area contributed by atoms with Crippen LogP contribution in [0.25, 0.3) is 0 Å². The molecular formula is C12H18N4O2. The summed E-state index contributed by atoms with van der Waals surface area (Å²) < 4.78 is 5.44. The smallest absolute Gasteiger partial charge is 0.271 e. The minimum atomic E-state index is -0.176. The number of aromatic nitrogens is 2. The van der Waals surface area contributed by atoms with Crippen LogP contribution in [0.2, 0.25) is 0 Å². The third-order valence-electron chi connectivity index (χ3n) is 2.97. The second kappa shape index (κ2) is 5.77. The average Bonchev–Trinajstić information content (AvgIpc) is 2.36. The van der Waals surface area contributed by atoms with Gasteiger partial charge in [0.2, 0.25) is 0 Å². The van der Waals surface area contributed by atoms with E-state index in [9.17, 15) is 4.79 Å². The van der Waals surface area contributed by atoms with E-state index >= 15 is 0 Å². The molecule has 1 aliphatic rings. The molecule has 98 valence electrons. The van der Waals surface area contributed by atoms with Crippen LogP contribution in [0.4, 0.5) is 5.82 Å². The number of anilines is 1. The molecule has 6 nitrogen and oxygen atoms in total. The molecule has 0 saturated heterocycles. The first-order valence-corrected chi connectivity index (χ1v) is 6.15. The minimum absolute atomic E-state index is 0.176. The lowest BCUT2D eigenvalue weighted by atomic mass is 9.89. The van der Waals surface area contributed by atoms with Crippen LogP contribution in [-0.2, 0) is 4.74 Å². The predicted molar refractivity (Wildman–Crippen MR) is 67.5 cm³/mol. The van der Waals surface area contributed by atoms with Crippen LogP contribution in [0.3, 0.4) is 0 Å². The quantitative estimate of drug-likeness (QED) is 0.809. The number of hydrogen-bond donors (Lipinski definition) is 2. The summed E-state index contributed by atoms with van der Waals surface area (Å²) >= 11 is 0. The molecule has 0 aromatic carbocycles. The van der Waals surface area contributed by atoms with E-state index in [1.165, 1.54) is 6.20 Å². The molecule has 1 amide bonds. The van der Waals surface area contributed by atoms with Gasteiger partial charge in [-0.05, 0) is 19.8 Å². The van der Waals surface area contributed by atoms with E-state index in [4.69, 9.17) is 4.74 Å². The SMILES string of the molecule is CCOC1CC(NC(=O)c2cnc(NC)cn2)C1. The maximum atomic E-state index is 11.8. The van der Waals surface area contributed by atoms with Crippen molar-refractivity contribution in [2.75, 3.05) is 19.0 Å². The zero-order chi connectivity index (χ0) is 13.0. The maximum Gasteiger partial charge on any atom is 0.271 e. The molecule has 0 aliphatic heterocycles. The molecule has 2 N–H and O–H groups in total. The summed E-state index contributed by atoms with van der Waals surface area (Å²) in [5, 5.41) is 5.77. The Kier molecular flexibility index (Phi) is 4.09. The number of rotatable bonds is 5. The maximum absolute atomic E-state index is 11.8. The van der Waals surface area contributed by atoms with Gasteiger partial charge in [0.25, 0.3) is 5.91 Å². The molecular weight excluding hydrogens is 232 g/mol. The lowest BCUT2D eigenvalue weighted by molar-refractivity contribution is -0.00867. The molecule has 1 heterocycles. The number of hydrogen-bond acceptors (Lipinski definition) is 5. The Hall–Kier alpha value is -1.69. The largest absolute Gasteiger partial charge is 0.378 e. The molecule has 1 aromatic heterocycles. The van der Waals surface area contributed by atoms with Gasteiger partial charge in [0.05, 0.1) is 18.5 Å². The van der Waals surface area contributed by atoms with Crippen LogP contribution in [0.15, 0.2) is 12.4 Å². The van der Waals surface area contributed by atoms with Crippen molar-refractivity contribution in [2.45, 2.75) is 31.9 Å². The number of carbonyl (C=O) groups excluding carboxylic acids is 1. The van der Waals surface area contributed by atoms with Crippen LogP contribution in [-0.4, -0.2) is 41.7 Å². The van der Waals surface area contributed by atoms with Crippen molar-refractivity contribution < 1.29 is 9.53 Å². The van der Waals surface area contributed by atoms with Crippen LogP contribution in [0, 0.1) is 0 Å². The summed E-state index contributed by atoms with van der Waals surface area (Å²) in [5.41, 5.74) is 0.342. The van der Waals surface area contributed by atoms with Gasteiger partial charge in [-0.3, -0.25) is 4.79 Å². The van der Waals surface area contributed by atoms with Crippen molar-refractivity contribution in [2.24, 2.45) is 0 Å². The standard InChI is InChI=1S/C12H18N4O2/c1-3-18-9-4-8(5-9)16-12(17)10-6-15-11(13-2)7-14-10/h6-9H,3-5H2,1-2H3,(H,13,15)(H,16,17). The summed E-state index contributed by atoms with van der Waals surface area (Å²) in [6.07, 6.45) is 5.06. The Balaban J connectivity index is 1.81. The molecule has 2 rings (SSSR count). The van der Waals surface area contributed by atoms with Gasteiger partial charge in [0.1, 0.15) is 11.5 Å². The molecule has 0 radical (unpaired) electrons. The summed E-state index contributed by atoms with van der Waals surface area (Å²) in [4.78, 5) is 19.9. The number of amides is 1. The fourth-order valence-electron chi connectivity index (χ4n) is 1.89. The molecule has 0 atom stereocenters. The zero-order valence-corrected chi connectivity index (χ0v) is 10.6. The Morgan fingerprint density at radius 1 is 1.44 bits per heavy atom. The van der Waals surface area contributed by atoms with E-state index in [-0.39, 0.29) is 18.1 Å². The third kappa shape index (κ3) is 2.95. The molecule has 0 bridgehead atoms. The van der Waals surface area contributed by atoms with E-state index in [2.05, 4.69) is 20.6 Å². The molecule has 18 heavy (non-hydrogen) atoms. The minimum Gasteiger partial charge on any atom is -0.378 e. The summed E-state index contributed by atoms with van der Waals surface area (Å²) in [6, 6.07) is 0.194. The van der Waals surface area contributed by atoms with Gasteiger partial charge in [0.15, 0.2) is 0 Å². The molecule has 1 aromatic rings. The van der Waals surface area contributed by atoms with E-state index in [0.29, 0.717) is 11.5 Å². The molecule has 1 fully saturated rings. The third-order valence-corrected chi connectivity index (χ3v) is 2.97. The first-order valence-electron chi connectivity index (χ1n) is 6.15. The Bertz CT molecular complexity index is 401. The fraction of sp³-hybridized carbons (Fsp3) is 0.583. The molecule has 1 aliphatic carbocycles. The first kappa shape index (κ1) is 12.8. The number of carbonyl (C=O) groups is 1. The van der Waals surface area contributed by atoms with Gasteiger partial charge in [-0.1, -0.05) is 0 Å². The van der Waals surface area contributed by atoms with E-state index in [1.54, 1.807) is 13.2 Å². The van der Waals surface area contributed by atoms with Crippen molar-refractivity contribution >= 4 is 11.7 Å². The first-order chi connectivity index (χ1) is 8.72. The van der Waals surface area contributed by atoms with Gasteiger partial charge in [-0.25, -0.2) is 9.97 Å². The summed E-state index contributed by atoms with van der Waals surface area (Å²) in [7, 11) is 1.76. The van der Waals surface area contributed by atoms with Gasteiger partial charge < -0.3 is 15.4 Å². The van der Waals surface area contributed by atoms with Gasteiger partial charge in [-0.15, -0.1) is 0 Å². The fourth-order valence-corrected chi connectivity index (χ4v) is 1.89. The average molecular weight is 250 g/mol. The van der Waals surface area contributed by atoms with Crippen molar-refractivity contribution in [3.8, 4) is 0 Å². The number of ether oxygens (including phenoxy) is 1. The van der Waals surface area contributed by atoms with Crippen molar-refractivity contribution in [1.29, 1.82) is 0 Å². The summed E-state index contributed by atoms with van der Waals surface area (Å²) in [6.45, 7) is 2.70. The van der Waals surface area contributed by atoms with E-state index in [1.807, 2.05) is 6.92 Å². The lowest BCUT2D eigenvalue weighted by Crippen LogP contribution is -2.48. The Morgan fingerprint density at radius 2 is 2.22 bits per heavy atom. The van der Waals surface area contributed by atoms with Gasteiger partial charge >= 0.3 is 0 Å². The van der Waals surface area contributed by atoms with Crippen molar-refractivity contribution in [3.05, 3.63) is 18.1 Å². The number of nitrogens with zero attached hydrogens (tertiary/aromatic N) is 2. The normalized spacial score (nSPS) is 22.1. The lowest BCUT2D eigenvalue weighted by Gasteiger charge is -2.35. The van der Waals surface area contributed by atoms with Crippen LogP contribution in [0.5, 0.6) is 0 Å². The zero-order valence-electron chi connectivity index (χ0n) is 10.6. The highest BCUT2D eigenvalue weighted by Gasteiger charge is 2.31. The van der Waals surface area contributed by atoms with Crippen LogP contribution < -0.4 is 10.6 Å². The predicted octanol–water partition coefficient (Wildman–Crippen LogP) is 0.816. The highest BCUT2D eigenvalue weighted by Crippen LogP contribution is 2.23. The second-order valence-corrected chi connectivity index (χ2v) is 4.26. The summed E-state index contributed by atoms with van der Waals surface area (Å²) in [5.74, 6) is 0.469. The van der Waals surface area contributed by atoms with Crippen LogP contribution in [0.1, 0.15) is 30.3 Å². The van der Waals surface area contributed by atoms with E-state index < -0.39 is 0 Å². The van der Waals surface area contributed by atoms with Crippen LogP contribution >= 0.6 is 0 Å². The van der Waals surface area contributed by atoms with Gasteiger partial charge in [0, 0.05) is 19.7 Å². The highest BCUT2D eigenvalue weighted by atomic mass is 16.5. The topological polar surface area (TPSA) is 76.1 Å². The Morgan fingerprint density at radius 3 is 2.78 bits per heavy atom. The van der Waals surface area contributed by atoms with Gasteiger partial charge in [-0.2, -0.15) is 0 Å². The monoisotopic (exact) mass is 250 g/mol.